The molecule has 1 aliphatic heterocycles. The summed E-state index contributed by atoms with van der Waals surface area (Å²) in [6, 6.07) is 1.77. The van der Waals surface area contributed by atoms with E-state index in [0.29, 0.717) is 31.6 Å². The fourth-order valence-corrected chi connectivity index (χ4v) is 3.70. The van der Waals surface area contributed by atoms with Crippen molar-refractivity contribution in [2.24, 2.45) is 0 Å². The normalized spacial score (nSPS) is 21.8. The number of carboxylic acids is 1. The lowest BCUT2D eigenvalue weighted by atomic mass is 9.90. The van der Waals surface area contributed by atoms with Gasteiger partial charge in [-0.25, -0.2) is 4.79 Å². The van der Waals surface area contributed by atoms with E-state index in [4.69, 9.17) is 0 Å². The molecule has 1 aromatic heterocycles. The monoisotopic (exact) mass is 356 g/mol. The quantitative estimate of drug-likeness (QED) is 0.881. The Bertz CT molecular complexity index is 555. The van der Waals surface area contributed by atoms with Crippen LogP contribution in [0.1, 0.15) is 50.0 Å². The number of amides is 1. The lowest BCUT2D eigenvalue weighted by Gasteiger charge is -2.34. The zero-order valence-electron chi connectivity index (χ0n) is 12.4. The topological polar surface area (TPSA) is 62.5 Å². The number of rotatable bonds is 5. The van der Waals surface area contributed by atoms with E-state index in [1.54, 1.807) is 11.0 Å². The van der Waals surface area contributed by atoms with E-state index < -0.39 is 11.5 Å². The summed E-state index contributed by atoms with van der Waals surface area (Å²) >= 11 is 3.38. The number of hydrogen-bond acceptors (Lipinski definition) is 2. The summed E-state index contributed by atoms with van der Waals surface area (Å²) in [4.78, 5) is 26.2. The molecule has 0 radical (unpaired) electrons. The third-order valence-electron chi connectivity index (χ3n) is 4.22. The molecule has 1 atom stereocenters. The molecule has 0 aromatic carbocycles. The van der Waals surface area contributed by atoms with Crippen molar-refractivity contribution in [2.75, 3.05) is 6.54 Å². The Kier molecular flexibility index (Phi) is 4.76. The number of likely N-dealkylation sites (tertiary alicyclic amines) is 1. The maximum absolute atomic E-state index is 12.9. The van der Waals surface area contributed by atoms with Gasteiger partial charge in [-0.05, 0) is 48.2 Å². The van der Waals surface area contributed by atoms with Crippen LogP contribution in [-0.4, -0.2) is 38.5 Å². The molecule has 0 spiro atoms. The molecule has 0 saturated carbocycles. The number of carboxylic acid groups (broad SMARTS) is 1. The zero-order chi connectivity index (χ0) is 15.6. The summed E-state index contributed by atoms with van der Waals surface area (Å²) in [5.74, 6) is -1.07. The molecule has 0 aliphatic carbocycles. The van der Waals surface area contributed by atoms with Crippen LogP contribution < -0.4 is 0 Å². The van der Waals surface area contributed by atoms with Gasteiger partial charge in [0.2, 0.25) is 0 Å². The van der Waals surface area contributed by atoms with E-state index in [1.165, 1.54) is 0 Å². The van der Waals surface area contributed by atoms with Crippen LogP contribution in [0.2, 0.25) is 0 Å². The van der Waals surface area contributed by atoms with Gasteiger partial charge in [0.15, 0.2) is 0 Å². The first-order valence-electron chi connectivity index (χ1n) is 7.37. The number of aromatic nitrogens is 1. The first-order valence-corrected chi connectivity index (χ1v) is 8.16. The van der Waals surface area contributed by atoms with Crippen molar-refractivity contribution >= 4 is 27.8 Å². The van der Waals surface area contributed by atoms with Crippen LogP contribution in [0.15, 0.2) is 16.7 Å². The van der Waals surface area contributed by atoms with Crippen molar-refractivity contribution in [1.29, 1.82) is 0 Å². The largest absolute Gasteiger partial charge is 0.479 e. The van der Waals surface area contributed by atoms with Crippen molar-refractivity contribution in [1.82, 2.24) is 9.47 Å². The fraction of sp³-hybridized carbons (Fsp3) is 0.600. The van der Waals surface area contributed by atoms with Gasteiger partial charge in [0.1, 0.15) is 11.2 Å². The van der Waals surface area contributed by atoms with E-state index in [1.807, 2.05) is 24.6 Å². The number of nitrogens with zero attached hydrogens (tertiary/aromatic N) is 2. The predicted molar refractivity (Wildman–Crippen MR) is 83.4 cm³/mol. The average molecular weight is 357 g/mol. The van der Waals surface area contributed by atoms with E-state index >= 15 is 0 Å². The smallest absolute Gasteiger partial charge is 0.329 e. The highest BCUT2D eigenvalue weighted by molar-refractivity contribution is 9.10. The molecule has 2 rings (SSSR count). The maximum Gasteiger partial charge on any atom is 0.329 e. The maximum atomic E-state index is 12.9. The molecule has 1 aliphatic rings. The van der Waals surface area contributed by atoms with E-state index in [2.05, 4.69) is 15.9 Å². The van der Waals surface area contributed by atoms with Crippen LogP contribution >= 0.6 is 15.9 Å². The lowest BCUT2D eigenvalue weighted by molar-refractivity contribution is -0.148. The summed E-state index contributed by atoms with van der Waals surface area (Å²) in [7, 11) is 0. The first kappa shape index (κ1) is 16.1. The Morgan fingerprint density at radius 1 is 1.43 bits per heavy atom. The molecule has 1 fully saturated rings. The highest BCUT2D eigenvalue weighted by atomic mass is 79.9. The van der Waals surface area contributed by atoms with Gasteiger partial charge < -0.3 is 14.6 Å². The molecule has 116 valence electrons. The second-order valence-corrected chi connectivity index (χ2v) is 6.39. The van der Waals surface area contributed by atoms with Gasteiger partial charge in [0.25, 0.3) is 5.91 Å². The summed E-state index contributed by atoms with van der Waals surface area (Å²) in [5.41, 5.74) is -0.491. The Morgan fingerprint density at radius 2 is 2.14 bits per heavy atom. The number of halogens is 1. The van der Waals surface area contributed by atoms with Crippen molar-refractivity contribution in [2.45, 2.75) is 51.6 Å². The molecular formula is C15H21BrN2O3. The molecule has 1 unspecified atom stereocenters. The summed E-state index contributed by atoms with van der Waals surface area (Å²) in [6.07, 6.45) is 4.38. The van der Waals surface area contributed by atoms with Crippen LogP contribution in [0.3, 0.4) is 0 Å². The van der Waals surface area contributed by atoms with Gasteiger partial charge in [-0.2, -0.15) is 0 Å². The van der Waals surface area contributed by atoms with Crippen molar-refractivity contribution in [3.63, 3.8) is 0 Å². The minimum Gasteiger partial charge on any atom is -0.479 e. The molecular weight excluding hydrogens is 336 g/mol. The molecule has 1 amide bonds. The average Bonchev–Trinajstić information content (AvgIpc) is 3.02. The van der Waals surface area contributed by atoms with Crippen LogP contribution in [0.25, 0.3) is 0 Å². The number of aryl methyl sites for hydroxylation is 1. The predicted octanol–water partition coefficient (Wildman–Crippen LogP) is 3.13. The second-order valence-electron chi connectivity index (χ2n) is 5.48. The third-order valence-corrected chi connectivity index (χ3v) is 4.65. The molecule has 5 nitrogen and oxygen atoms in total. The van der Waals surface area contributed by atoms with E-state index in [0.717, 1.165) is 17.3 Å². The molecule has 1 saturated heterocycles. The Morgan fingerprint density at radius 3 is 2.71 bits per heavy atom. The zero-order valence-corrected chi connectivity index (χ0v) is 14.0. The highest BCUT2D eigenvalue weighted by Gasteiger charge is 2.49. The lowest BCUT2D eigenvalue weighted by Crippen LogP contribution is -2.53. The van der Waals surface area contributed by atoms with Crippen LogP contribution in [0, 0.1) is 0 Å². The fourth-order valence-electron chi connectivity index (χ4n) is 3.23. The van der Waals surface area contributed by atoms with E-state index in [9.17, 15) is 14.7 Å². The van der Waals surface area contributed by atoms with Crippen LogP contribution in [0.4, 0.5) is 0 Å². The summed E-state index contributed by atoms with van der Waals surface area (Å²) in [6.45, 7) is 5.10. The second kappa shape index (κ2) is 6.22. The molecule has 21 heavy (non-hydrogen) atoms. The van der Waals surface area contributed by atoms with Crippen LogP contribution in [-0.2, 0) is 11.3 Å². The van der Waals surface area contributed by atoms with Gasteiger partial charge in [-0.3, -0.25) is 4.79 Å². The highest BCUT2D eigenvalue weighted by Crippen LogP contribution is 2.35. The summed E-state index contributed by atoms with van der Waals surface area (Å²) < 4.78 is 2.69. The van der Waals surface area contributed by atoms with Gasteiger partial charge in [-0.15, -0.1) is 0 Å². The molecule has 2 heterocycles. The first-order chi connectivity index (χ1) is 9.96. The van der Waals surface area contributed by atoms with Gasteiger partial charge in [0, 0.05) is 23.8 Å². The van der Waals surface area contributed by atoms with Crippen LogP contribution in [0.5, 0.6) is 0 Å². The van der Waals surface area contributed by atoms with Gasteiger partial charge in [0.05, 0.1) is 0 Å². The van der Waals surface area contributed by atoms with Gasteiger partial charge in [-0.1, -0.05) is 13.3 Å². The third kappa shape index (κ3) is 2.73. The van der Waals surface area contributed by atoms with Crippen molar-refractivity contribution < 1.29 is 14.7 Å². The van der Waals surface area contributed by atoms with Crippen molar-refractivity contribution in [3.8, 4) is 0 Å². The summed E-state index contributed by atoms with van der Waals surface area (Å²) in [5, 5.41) is 9.68. The van der Waals surface area contributed by atoms with Crippen molar-refractivity contribution in [3.05, 3.63) is 22.4 Å². The van der Waals surface area contributed by atoms with E-state index in [-0.39, 0.29) is 5.91 Å². The Hall–Kier alpha value is -1.30. The molecule has 0 bridgehead atoms. The number of aliphatic carboxylic acids is 1. The molecule has 1 N–H and O–H groups in total. The number of carbonyl (C=O) groups excluding carboxylic acids is 1. The standard InChI is InChI=1S/C15H21BrN2O3/c1-3-6-15(14(20)21)7-5-8-18(15)13(19)12-9-11(16)10-17(12)4-2/h9-10H,3-8H2,1-2H3,(H,20,21). The number of hydrogen-bond donors (Lipinski definition) is 1. The Balaban J connectivity index is 2.38. The SMILES string of the molecule is CCCC1(C(=O)O)CCCN1C(=O)c1cc(Br)cn1CC. The Labute approximate surface area is 133 Å². The van der Waals surface area contributed by atoms with Gasteiger partial charge >= 0.3 is 5.97 Å². The minimum atomic E-state index is -1.04. The molecule has 6 heteroatoms. The molecule has 1 aromatic rings. The minimum absolute atomic E-state index is 0.184. The number of carbonyl (C=O) groups is 2.